The summed E-state index contributed by atoms with van der Waals surface area (Å²) in [6.07, 6.45) is 3.76. The lowest BCUT2D eigenvalue weighted by atomic mass is 9.89. The van der Waals surface area contributed by atoms with Crippen LogP contribution >= 0.6 is 11.3 Å². The molecule has 0 amide bonds. The zero-order valence-electron chi connectivity index (χ0n) is 11.6. The van der Waals surface area contributed by atoms with E-state index in [1.54, 1.807) is 11.3 Å². The van der Waals surface area contributed by atoms with Gasteiger partial charge in [-0.2, -0.15) is 0 Å². The molecular weight excluding hydrogens is 244 g/mol. The van der Waals surface area contributed by atoms with E-state index in [2.05, 4.69) is 36.5 Å². The molecule has 3 nitrogen and oxygen atoms in total. The Morgan fingerprint density at radius 1 is 1.56 bits per heavy atom. The van der Waals surface area contributed by atoms with E-state index in [4.69, 9.17) is 4.74 Å². The van der Waals surface area contributed by atoms with Gasteiger partial charge in [0.1, 0.15) is 0 Å². The third-order valence-electron chi connectivity index (χ3n) is 3.71. The second kappa shape index (κ2) is 6.64. The number of nitrogens with one attached hydrogen (secondary N) is 1. The number of aromatic nitrogens is 1. The normalized spacial score (nSPS) is 25.5. The Bertz CT molecular complexity index is 366. The summed E-state index contributed by atoms with van der Waals surface area (Å²) in [5.41, 5.74) is 1.14. The molecule has 0 aliphatic carbocycles. The molecular formula is C14H24N2OS. The van der Waals surface area contributed by atoms with E-state index < -0.39 is 0 Å². The zero-order chi connectivity index (χ0) is 13.0. The number of nitrogens with zero attached hydrogens (tertiary/aromatic N) is 1. The van der Waals surface area contributed by atoms with Crippen LogP contribution in [0.15, 0.2) is 5.38 Å². The van der Waals surface area contributed by atoms with Gasteiger partial charge in [-0.05, 0) is 26.3 Å². The molecule has 1 fully saturated rings. The van der Waals surface area contributed by atoms with Crippen molar-refractivity contribution in [3.63, 3.8) is 0 Å². The van der Waals surface area contributed by atoms with Crippen molar-refractivity contribution in [1.82, 2.24) is 10.3 Å². The van der Waals surface area contributed by atoms with Gasteiger partial charge in [0.05, 0.1) is 11.1 Å². The molecule has 0 bridgehead atoms. The molecule has 1 aromatic heterocycles. The van der Waals surface area contributed by atoms with Gasteiger partial charge in [0.15, 0.2) is 0 Å². The molecule has 2 rings (SSSR count). The zero-order valence-corrected chi connectivity index (χ0v) is 12.4. The maximum Gasteiger partial charge on any atom is 0.0943 e. The van der Waals surface area contributed by atoms with Crippen LogP contribution in [0.2, 0.25) is 0 Å². The molecule has 102 valence electrons. The summed E-state index contributed by atoms with van der Waals surface area (Å²) in [6.45, 7) is 8.40. The lowest BCUT2D eigenvalue weighted by Gasteiger charge is -2.27. The first-order valence-electron chi connectivity index (χ1n) is 7.00. The SMILES string of the molecule is CCNC(Cc1nc(C)cs1)C1CCOC1CC. The summed E-state index contributed by atoms with van der Waals surface area (Å²) in [6, 6.07) is 0.507. The Balaban J connectivity index is 2.03. The summed E-state index contributed by atoms with van der Waals surface area (Å²) < 4.78 is 5.83. The molecule has 0 radical (unpaired) electrons. The number of rotatable bonds is 6. The van der Waals surface area contributed by atoms with E-state index in [1.807, 2.05) is 0 Å². The van der Waals surface area contributed by atoms with Crippen molar-refractivity contribution in [3.05, 3.63) is 16.1 Å². The summed E-state index contributed by atoms with van der Waals surface area (Å²) in [7, 11) is 0. The molecule has 18 heavy (non-hydrogen) atoms. The quantitative estimate of drug-likeness (QED) is 0.861. The molecule has 3 atom stereocenters. The molecule has 1 aromatic rings. The van der Waals surface area contributed by atoms with Crippen LogP contribution in [0, 0.1) is 12.8 Å². The van der Waals surface area contributed by atoms with Crippen molar-refractivity contribution in [2.24, 2.45) is 5.92 Å². The first-order valence-corrected chi connectivity index (χ1v) is 7.88. The van der Waals surface area contributed by atoms with Gasteiger partial charge in [0.25, 0.3) is 0 Å². The van der Waals surface area contributed by atoms with E-state index in [-0.39, 0.29) is 0 Å². The molecule has 4 heteroatoms. The minimum Gasteiger partial charge on any atom is -0.378 e. The molecule has 1 aliphatic rings. The maximum absolute atomic E-state index is 5.83. The van der Waals surface area contributed by atoms with Crippen LogP contribution in [0.3, 0.4) is 0 Å². The number of thiazole rings is 1. The van der Waals surface area contributed by atoms with Crippen molar-refractivity contribution in [3.8, 4) is 0 Å². The van der Waals surface area contributed by atoms with Crippen LogP contribution in [-0.4, -0.2) is 30.3 Å². The van der Waals surface area contributed by atoms with Crippen LogP contribution < -0.4 is 5.32 Å². The summed E-state index contributed by atoms with van der Waals surface area (Å²) >= 11 is 1.78. The lowest BCUT2D eigenvalue weighted by molar-refractivity contribution is 0.0776. The molecule has 2 heterocycles. The van der Waals surface area contributed by atoms with Crippen molar-refractivity contribution >= 4 is 11.3 Å². The van der Waals surface area contributed by atoms with Gasteiger partial charge < -0.3 is 10.1 Å². The number of hydrogen-bond acceptors (Lipinski definition) is 4. The Hall–Kier alpha value is -0.450. The second-order valence-electron chi connectivity index (χ2n) is 5.02. The molecule has 3 unspecified atom stereocenters. The van der Waals surface area contributed by atoms with Gasteiger partial charge in [-0.1, -0.05) is 13.8 Å². The van der Waals surface area contributed by atoms with Crippen LogP contribution in [0.1, 0.15) is 37.4 Å². The van der Waals surface area contributed by atoms with Gasteiger partial charge in [0, 0.05) is 36.1 Å². The largest absolute Gasteiger partial charge is 0.378 e. The number of ether oxygens (including phenoxy) is 1. The molecule has 1 N–H and O–H groups in total. The average Bonchev–Trinajstić information content (AvgIpc) is 2.97. The van der Waals surface area contributed by atoms with Gasteiger partial charge in [-0.15, -0.1) is 11.3 Å². The third-order valence-corrected chi connectivity index (χ3v) is 4.70. The van der Waals surface area contributed by atoms with Crippen LogP contribution in [-0.2, 0) is 11.2 Å². The Morgan fingerprint density at radius 3 is 3.00 bits per heavy atom. The lowest BCUT2D eigenvalue weighted by Crippen LogP contribution is -2.41. The van der Waals surface area contributed by atoms with Crippen molar-refractivity contribution < 1.29 is 4.74 Å². The van der Waals surface area contributed by atoms with Crippen LogP contribution in [0.5, 0.6) is 0 Å². The van der Waals surface area contributed by atoms with Crippen molar-refractivity contribution in [2.75, 3.05) is 13.2 Å². The highest BCUT2D eigenvalue weighted by atomic mass is 32.1. The second-order valence-corrected chi connectivity index (χ2v) is 5.96. The number of hydrogen-bond donors (Lipinski definition) is 1. The topological polar surface area (TPSA) is 34.2 Å². The van der Waals surface area contributed by atoms with Gasteiger partial charge in [-0.25, -0.2) is 4.98 Å². The van der Waals surface area contributed by atoms with Crippen LogP contribution in [0.4, 0.5) is 0 Å². The average molecular weight is 268 g/mol. The minimum absolute atomic E-state index is 0.426. The molecule has 1 aliphatic heterocycles. The van der Waals surface area contributed by atoms with Gasteiger partial charge >= 0.3 is 0 Å². The maximum atomic E-state index is 5.83. The monoisotopic (exact) mass is 268 g/mol. The first kappa shape index (κ1) is 14.0. The summed E-state index contributed by atoms with van der Waals surface area (Å²) in [4.78, 5) is 4.59. The van der Waals surface area contributed by atoms with Gasteiger partial charge in [-0.3, -0.25) is 0 Å². The number of aryl methyl sites for hydroxylation is 1. The highest BCUT2D eigenvalue weighted by Gasteiger charge is 2.33. The third kappa shape index (κ3) is 3.31. The van der Waals surface area contributed by atoms with E-state index in [9.17, 15) is 0 Å². The summed E-state index contributed by atoms with van der Waals surface area (Å²) in [5, 5.41) is 7.02. The predicted molar refractivity (Wildman–Crippen MR) is 76.2 cm³/mol. The highest BCUT2D eigenvalue weighted by Crippen LogP contribution is 2.28. The molecule has 1 saturated heterocycles. The summed E-state index contributed by atoms with van der Waals surface area (Å²) in [5.74, 6) is 0.638. The van der Waals surface area contributed by atoms with Crippen LogP contribution in [0.25, 0.3) is 0 Å². The van der Waals surface area contributed by atoms with E-state index in [0.29, 0.717) is 18.1 Å². The standard InChI is InChI=1S/C14H24N2OS/c1-4-13-11(6-7-17-13)12(15-5-2)8-14-16-10(3)9-18-14/h9,11-13,15H,4-8H2,1-3H3. The smallest absolute Gasteiger partial charge is 0.0943 e. The van der Waals surface area contributed by atoms with E-state index >= 15 is 0 Å². The molecule has 0 aromatic carbocycles. The van der Waals surface area contributed by atoms with Crippen molar-refractivity contribution in [1.29, 1.82) is 0 Å². The van der Waals surface area contributed by atoms with E-state index in [0.717, 1.165) is 31.7 Å². The molecule has 0 spiro atoms. The fourth-order valence-electron chi connectivity index (χ4n) is 2.87. The highest BCUT2D eigenvalue weighted by molar-refractivity contribution is 7.09. The molecule has 0 saturated carbocycles. The minimum atomic E-state index is 0.426. The van der Waals surface area contributed by atoms with Gasteiger partial charge in [0.2, 0.25) is 0 Å². The van der Waals surface area contributed by atoms with Crippen molar-refractivity contribution in [2.45, 2.75) is 52.2 Å². The fraction of sp³-hybridized carbons (Fsp3) is 0.786. The fourth-order valence-corrected chi connectivity index (χ4v) is 3.70. The Kier molecular flexibility index (Phi) is 5.15. The Labute approximate surface area is 114 Å². The van der Waals surface area contributed by atoms with E-state index in [1.165, 1.54) is 11.4 Å². The predicted octanol–water partition coefficient (Wildman–Crippen LogP) is 2.79. The first-order chi connectivity index (χ1) is 8.74. The Morgan fingerprint density at radius 2 is 2.39 bits per heavy atom. The number of likely N-dealkylation sites (N-methyl/N-ethyl adjacent to an activating group) is 1.